The fourth-order valence-electron chi connectivity index (χ4n) is 10.8. The highest BCUT2D eigenvalue weighted by Crippen LogP contribution is 2.68. The SMILES string of the molecule is CC(C)NC(=O)CC[C@@H](C)C1CCC2C3C(CC[C@@]21C)[C@@]1(C)CC[C@H](NCCCNCCCCNCCCN)CC1C[C@H]3O. The van der Waals surface area contributed by atoms with Crippen LogP contribution in [0.1, 0.15) is 125 Å². The number of hydrogen-bond donors (Lipinski definition) is 6. The van der Waals surface area contributed by atoms with Crippen LogP contribution in [-0.2, 0) is 4.79 Å². The van der Waals surface area contributed by atoms with Crippen molar-refractivity contribution in [2.24, 2.45) is 52.1 Å². The lowest BCUT2D eigenvalue weighted by Crippen LogP contribution is -2.59. The fourth-order valence-corrected chi connectivity index (χ4v) is 10.8. The van der Waals surface area contributed by atoms with Crippen LogP contribution in [-0.4, -0.2) is 68.5 Å². The summed E-state index contributed by atoms with van der Waals surface area (Å²) in [5, 5.41) is 25.9. The van der Waals surface area contributed by atoms with E-state index in [1.165, 1.54) is 64.2 Å². The summed E-state index contributed by atoms with van der Waals surface area (Å²) in [5.74, 6) is 3.86. The third kappa shape index (κ3) is 8.79. The number of hydrogen-bond acceptors (Lipinski definition) is 6. The molecule has 0 aromatic heterocycles. The highest BCUT2D eigenvalue weighted by atomic mass is 16.3. The summed E-state index contributed by atoms with van der Waals surface area (Å²) < 4.78 is 0. The van der Waals surface area contributed by atoms with Gasteiger partial charge in [-0.05, 0) is 183 Å². The topological polar surface area (TPSA) is 111 Å². The summed E-state index contributed by atoms with van der Waals surface area (Å²) in [6.45, 7) is 17.9. The van der Waals surface area contributed by atoms with Crippen LogP contribution in [0.3, 0.4) is 0 Å². The van der Waals surface area contributed by atoms with Gasteiger partial charge in [0.15, 0.2) is 0 Å². The number of carbonyl (C=O) groups is 1. The number of aliphatic hydroxyl groups excluding tert-OH is 1. The molecule has 4 aliphatic carbocycles. The monoisotopic (exact) mass is 618 g/mol. The molecule has 0 heterocycles. The highest BCUT2D eigenvalue weighted by Gasteiger charge is 2.62. The second-order valence-corrected chi connectivity index (χ2v) is 16.4. The smallest absolute Gasteiger partial charge is 0.220 e. The van der Waals surface area contributed by atoms with Crippen molar-refractivity contribution in [3.8, 4) is 0 Å². The summed E-state index contributed by atoms with van der Waals surface area (Å²) in [5.41, 5.74) is 6.23. The van der Waals surface area contributed by atoms with Crippen LogP contribution >= 0.6 is 0 Å². The normalized spacial score (nSPS) is 37.3. The van der Waals surface area contributed by atoms with Gasteiger partial charge in [0.2, 0.25) is 5.91 Å². The molecule has 0 aromatic carbocycles. The second kappa shape index (κ2) is 16.9. The Morgan fingerprint density at radius 1 is 0.841 bits per heavy atom. The lowest BCUT2D eigenvalue weighted by atomic mass is 9.43. The number of amides is 1. The molecule has 4 saturated carbocycles. The number of fused-ring (bicyclic) bond motifs is 5. The summed E-state index contributed by atoms with van der Waals surface area (Å²) in [6.07, 6.45) is 16.2. The van der Waals surface area contributed by atoms with E-state index in [4.69, 9.17) is 5.73 Å². The third-order valence-electron chi connectivity index (χ3n) is 13.2. The average Bonchev–Trinajstić information content (AvgIpc) is 3.34. The van der Waals surface area contributed by atoms with Crippen molar-refractivity contribution in [2.45, 2.75) is 143 Å². The molecule has 0 saturated heterocycles. The Labute approximate surface area is 270 Å². The van der Waals surface area contributed by atoms with Crippen molar-refractivity contribution in [3.63, 3.8) is 0 Å². The molecule has 7 nitrogen and oxygen atoms in total. The van der Waals surface area contributed by atoms with Gasteiger partial charge in [0.1, 0.15) is 0 Å². The predicted molar refractivity (Wildman–Crippen MR) is 183 cm³/mol. The van der Waals surface area contributed by atoms with E-state index >= 15 is 0 Å². The average molecular weight is 618 g/mol. The molecule has 7 N–H and O–H groups in total. The van der Waals surface area contributed by atoms with Crippen molar-refractivity contribution in [1.82, 2.24) is 21.3 Å². The third-order valence-corrected chi connectivity index (χ3v) is 13.2. The molecule has 7 heteroatoms. The van der Waals surface area contributed by atoms with Gasteiger partial charge in [-0.15, -0.1) is 0 Å². The molecule has 0 radical (unpaired) electrons. The predicted octanol–water partition coefficient (Wildman–Crippen LogP) is 5.21. The Hall–Kier alpha value is -0.730. The minimum Gasteiger partial charge on any atom is -0.393 e. The molecule has 4 aliphatic rings. The lowest BCUT2D eigenvalue weighted by molar-refractivity contribution is -0.167. The van der Waals surface area contributed by atoms with Crippen molar-refractivity contribution >= 4 is 5.91 Å². The first-order chi connectivity index (χ1) is 21.1. The molecular weight excluding hydrogens is 546 g/mol. The van der Waals surface area contributed by atoms with Crippen LogP contribution < -0.4 is 27.0 Å². The van der Waals surface area contributed by atoms with E-state index < -0.39 is 0 Å². The van der Waals surface area contributed by atoms with E-state index in [0.717, 1.165) is 58.5 Å². The Kier molecular flexibility index (Phi) is 13.9. The Morgan fingerprint density at radius 2 is 1.50 bits per heavy atom. The summed E-state index contributed by atoms with van der Waals surface area (Å²) in [7, 11) is 0. The van der Waals surface area contributed by atoms with Gasteiger partial charge in [-0.25, -0.2) is 0 Å². The molecule has 4 fully saturated rings. The Bertz CT molecular complexity index is 871. The second-order valence-electron chi connectivity index (χ2n) is 16.4. The first-order valence-corrected chi connectivity index (χ1v) is 18.9. The number of aliphatic hydroxyl groups is 1. The number of nitrogens with two attached hydrogens (primary N) is 1. The van der Waals surface area contributed by atoms with E-state index in [-0.39, 0.29) is 18.1 Å². The van der Waals surface area contributed by atoms with Crippen LogP contribution in [0.25, 0.3) is 0 Å². The quantitative estimate of drug-likeness (QED) is 0.118. The van der Waals surface area contributed by atoms with Gasteiger partial charge in [0.05, 0.1) is 6.10 Å². The first-order valence-electron chi connectivity index (χ1n) is 18.9. The number of unbranched alkanes of at least 4 members (excludes halogenated alkanes) is 1. The molecule has 0 bridgehead atoms. The lowest BCUT2D eigenvalue weighted by Gasteiger charge is -2.62. The van der Waals surface area contributed by atoms with E-state index in [1.54, 1.807) is 0 Å². The van der Waals surface area contributed by atoms with Gasteiger partial charge in [0, 0.05) is 18.5 Å². The van der Waals surface area contributed by atoms with Gasteiger partial charge in [0.25, 0.3) is 0 Å². The molecule has 44 heavy (non-hydrogen) atoms. The summed E-state index contributed by atoms with van der Waals surface area (Å²) in [4.78, 5) is 12.4. The standard InChI is InChI=1S/C37H71N5O2/c1-26(2)42-34(44)13-10-27(3)30-11-12-31-35-32(15-17-37(30,31)5)36(4)16-14-29(24-28(36)25-33(35)43)41-23-9-22-40-20-7-6-19-39-21-8-18-38/h26-33,35,39-41,43H,6-25,38H2,1-5H3,(H,42,44)/t27-,28?,29+,30?,31?,32?,33-,35?,36+,37-/m1/s1. The van der Waals surface area contributed by atoms with Crippen molar-refractivity contribution < 1.29 is 9.90 Å². The Balaban J connectivity index is 1.20. The zero-order chi connectivity index (χ0) is 31.7. The minimum atomic E-state index is -0.146. The molecule has 256 valence electrons. The highest BCUT2D eigenvalue weighted by molar-refractivity contribution is 5.76. The van der Waals surface area contributed by atoms with Gasteiger partial charge >= 0.3 is 0 Å². The van der Waals surface area contributed by atoms with E-state index in [9.17, 15) is 9.90 Å². The van der Waals surface area contributed by atoms with Crippen molar-refractivity contribution in [2.75, 3.05) is 39.3 Å². The summed E-state index contributed by atoms with van der Waals surface area (Å²) in [6, 6.07) is 0.822. The maximum Gasteiger partial charge on any atom is 0.220 e. The molecule has 0 aliphatic heterocycles. The first kappa shape index (κ1) is 36.1. The zero-order valence-corrected chi connectivity index (χ0v) is 29.3. The maximum absolute atomic E-state index is 12.4. The van der Waals surface area contributed by atoms with Crippen LogP contribution in [0, 0.1) is 46.3 Å². The van der Waals surface area contributed by atoms with Gasteiger partial charge in [-0.2, -0.15) is 0 Å². The van der Waals surface area contributed by atoms with Crippen LogP contribution in [0.5, 0.6) is 0 Å². The largest absolute Gasteiger partial charge is 0.393 e. The molecule has 0 spiro atoms. The molecule has 4 rings (SSSR count). The van der Waals surface area contributed by atoms with Gasteiger partial charge in [-0.3, -0.25) is 4.79 Å². The van der Waals surface area contributed by atoms with Crippen LogP contribution in [0.2, 0.25) is 0 Å². The van der Waals surface area contributed by atoms with Crippen molar-refractivity contribution in [1.29, 1.82) is 0 Å². The van der Waals surface area contributed by atoms with Crippen LogP contribution in [0.15, 0.2) is 0 Å². The Morgan fingerprint density at radius 3 is 2.20 bits per heavy atom. The number of carbonyl (C=O) groups excluding carboxylic acids is 1. The summed E-state index contributed by atoms with van der Waals surface area (Å²) >= 11 is 0. The van der Waals surface area contributed by atoms with E-state index in [1.807, 2.05) is 13.8 Å². The number of nitrogens with one attached hydrogen (secondary N) is 4. The minimum absolute atomic E-state index is 0.146. The molecule has 1 amide bonds. The fraction of sp³-hybridized carbons (Fsp3) is 0.973. The van der Waals surface area contributed by atoms with Gasteiger partial charge in [-0.1, -0.05) is 20.8 Å². The molecule has 0 aromatic rings. The van der Waals surface area contributed by atoms with E-state index in [0.29, 0.717) is 58.8 Å². The zero-order valence-electron chi connectivity index (χ0n) is 29.3. The molecule has 10 atom stereocenters. The maximum atomic E-state index is 12.4. The number of rotatable bonds is 18. The van der Waals surface area contributed by atoms with E-state index in [2.05, 4.69) is 42.0 Å². The van der Waals surface area contributed by atoms with Crippen LogP contribution in [0.4, 0.5) is 0 Å². The van der Waals surface area contributed by atoms with Gasteiger partial charge < -0.3 is 32.1 Å². The molecular formula is C37H71N5O2. The van der Waals surface area contributed by atoms with Crippen molar-refractivity contribution in [3.05, 3.63) is 0 Å². The molecule has 5 unspecified atom stereocenters.